The van der Waals surface area contributed by atoms with Crippen molar-refractivity contribution in [1.29, 1.82) is 0 Å². The number of esters is 1. The van der Waals surface area contributed by atoms with Crippen LogP contribution >= 0.6 is 0 Å². The van der Waals surface area contributed by atoms with Crippen LogP contribution in [-0.2, 0) is 30.2 Å². The SMILES string of the molecule is COc1cc2cc(c1)NC(=O)C[C@H](OC(=O)C(C)C)/C(C)=C/[C@H](C)[C@@H]1C[C@@](O)(NC(=O)O1)[C@H](OC)/C=C/C=C(\C)C2. The van der Waals surface area contributed by atoms with Gasteiger partial charge in [0.05, 0.1) is 19.4 Å². The van der Waals surface area contributed by atoms with Gasteiger partial charge in [0.2, 0.25) is 5.91 Å². The topological polar surface area (TPSA) is 132 Å². The lowest BCUT2D eigenvalue weighted by molar-refractivity contribution is -0.151. The number of carbonyl (C=O) groups is 3. The van der Waals surface area contributed by atoms with Gasteiger partial charge >= 0.3 is 12.1 Å². The van der Waals surface area contributed by atoms with Crippen molar-refractivity contribution in [1.82, 2.24) is 5.32 Å². The first-order valence-corrected chi connectivity index (χ1v) is 13.8. The highest BCUT2D eigenvalue weighted by molar-refractivity contribution is 5.92. The van der Waals surface area contributed by atoms with E-state index in [1.54, 1.807) is 52.2 Å². The van der Waals surface area contributed by atoms with Gasteiger partial charge in [0, 0.05) is 31.2 Å². The van der Waals surface area contributed by atoms with E-state index in [2.05, 4.69) is 10.6 Å². The maximum Gasteiger partial charge on any atom is 0.409 e. The lowest BCUT2D eigenvalue weighted by Crippen LogP contribution is -2.63. The zero-order valence-electron chi connectivity index (χ0n) is 24.9. The molecule has 2 aliphatic rings. The average Bonchev–Trinajstić information content (AvgIpc) is 2.89. The van der Waals surface area contributed by atoms with Crippen molar-refractivity contribution in [3.8, 4) is 5.75 Å². The van der Waals surface area contributed by atoms with Crippen LogP contribution in [0.25, 0.3) is 0 Å². The second kappa shape index (κ2) is 13.8. The van der Waals surface area contributed by atoms with E-state index in [1.165, 1.54) is 7.11 Å². The minimum atomic E-state index is -1.73. The molecule has 4 bridgehead atoms. The molecule has 3 rings (SSSR count). The van der Waals surface area contributed by atoms with Crippen molar-refractivity contribution in [3.05, 3.63) is 59.2 Å². The molecule has 1 fully saturated rings. The highest BCUT2D eigenvalue weighted by Crippen LogP contribution is 2.30. The van der Waals surface area contributed by atoms with Crippen LogP contribution in [0.5, 0.6) is 5.75 Å². The molecule has 5 atom stereocenters. The lowest BCUT2D eigenvalue weighted by Gasteiger charge is -2.41. The predicted octanol–water partition coefficient (Wildman–Crippen LogP) is 4.43. The number of fused-ring (bicyclic) bond motifs is 4. The Kier molecular flexibility index (Phi) is 10.8. The zero-order valence-corrected chi connectivity index (χ0v) is 24.9. The largest absolute Gasteiger partial charge is 0.497 e. The molecule has 224 valence electrons. The first-order chi connectivity index (χ1) is 19.3. The molecule has 0 saturated carbocycles. The fourth-order valence-corrected chi connectivity index (χ4v) is 4.89. The third-order valence-electron chi connectivity index (χ3n) is 7.17. The number of hydrogen-bond acceptors (Lipinski definition) is 8. The molecule has 10 heteroatoms. The number of allylic oxidation sites excluding steroid dienone is 3. The average molecular weight is 571 g/mol. The van der Waals surface area contributed by atoms with Crippen LogP contribution in [-0.4, -0.2) is 61.3 Å². The van der Waals surface area contributed by atoms with Crippen LogP contribution in [0, 0.1) is 11.8 Å². The van der Waals surface area contributed by atoms with E-state index >= 15 is 0 Å². The molecule has 2 heterocycles. The van der Waals surface area contributed by atoms with Crippen molar-refractivity contribution in [3.63, 3.8) is 0 Å². The van der Waals surface area contributed by atoms with Crippen molar-refractivity contribution in [2.45, 2.75) is 77.9 Å². The smallest absolute Gasteiger partial charge is 0.409 e. The zero-order chi connectivity index (χ0) is 30.3. The third-order valence-corrected chi connectivity index (χ3v) is 7.17. The molecule has 41 heavy (non-hydrogen) atoms. The maximum absolute atomic E-state index is 13.2. The Bertz CT molecular complexity index is 1220. The first-order valence-electron chi connectivity index (χ1n) is 13.8. The van der Waals surface area contributed by atoms with E-state index in [9.17, 15) is 19.5 Å². The van der Waals surface area contributed by atoms with E-state index < -0.39 is 42.0 Å². The number of ether oxygens (including phenoxy) is 4. The summed E-state index contributed by atoms with van der Waals surface area (Å²) in [4.78, 5) is 38.3. The van der Waals surface area contributed by atoms with E-state index in [4.69, 9.17) is 18.9 Å². The summed E-state index contributed by atoms with van der Waals surface area (Å²) in [5, 5.41) is 16.9. The van der Waals surface area contributed by atoms with Gasteiger partial charge in [0.15, 0.2) is 5.72 Å². The number of rotatable bonds is 4. The van der Waals surface area contributed by atoms with Gasteiger partial charge in [-0.25, -0.2) is 4.79 Å². The lowest BCUT2D eigenvalue weighted by atomic mass is 9.89. The maximum atomic E-state index is 13.2. The molecule has 1 aromatic carbocycles. The van der Waals surface area contributed by atoms with Crippen LogP contribution in [0.3, 0.4) is 0 Å². The monoisotopic (exact) mass is 570 g/mol. The molecule has 0 aliphatic carbocycles. The van der Waals surface area contributed by atoms with Gasteiger partial charge in [-0.05, 0) is 43.5 Å². The Hall–Kier alpha value is -3.63. The van der Waals surface area contributed by atoms with Crippen molar-refractivity contribution in [2.24, 2.45) is 11.8 Å². The molecule has 0 unspecified atom stereocenters. The molecular weight excluding hydrogens is 528 g/mol. The van der Waals surface area contributed by atoms with Gasteiger partial charge in [-0.15, -0.1) is 0 Å². The Morgan fingerprint density at radius 2 is 1.90 bits per heavy atom. The van der Waals surface area contributed by atoms with Gasteiger partial charge in [-0.2, -0.15) is 0 Å². The Balaban J connectivity index is 2.07. The van der Waals surface area contributed by atoms with Gasteiger partial charge in [-0.3, -0.25) is 14.9 Å². The number of nitrogens with one attached hydrogen (secondary N) is 2. The van der Waals surface area contributed by atoms with Crippen LogP contribution in [0.15, 0.2) is 53.6 Å². The van der Waals surface area contributed by atoms with E-state index in [-0.39, 0.29) is 24.7 Å². The number of methoxy groups -OCH3 is 2. The van der Waals surface area contributed by atoms with Crippen LogP contribution in [0.2, 0.25) is 0 Å². The molecule has 1 saturated heterocycles. The highest BCUT2D eigenvalue weighted by atomic mass is 16.6. The quantitative estimate of drug-likeness (QED) is 0.358. The summed E-state index contributed by atoms with van der Waals surface area (Å²) < 4.78 is 22.3. The molecule has 2 amide bonds. The third kappa shape index (κ3) is 8.68. The van der Waals surface area contributed by atoms with Crippen molar-refractivity contribution >= 4 is 23.7 Å². The number of anilines is 1. The number of hydrogen-bond donors (Lipinski definition) is 3. The molecule has 0 spiro atoms. The summed E-state index contributed by atoms with van der Waals surface area (Å²) in [7, 11) is 3.02. The normalized spacial score (nSPS) is 31.0. The summed E-state index contributed by atoms with van der Waals surface area (Å²) in [5.41, 5.74) is 1.36. The number of aliphatic hydroxyl groups is 1. The highest BCUT2D eigenvalue weighted by Gasteiger charge is 2.46. The van der Waals surface area contributed by atoms with Crippen LogP contribution < -0.4 is 15.4 Å². The Morgan fingerprint density at radius 3 is 2.56 bits per heavy atom. The van der Waals surface area contributed by atoms with Gasteiger partial charge in [0.25, 0.3) is 0 Å². The molecule has 0 aromatic heterocycles. The molecule has 10 nitrogen and oxygen atoms in total. The fourth-order valence-electron chi connectivity index (χ4n) is 4.89. The minimum Gasteiger partial charge on any atom is -0.497 e. The number of carbonyl (C=O) groups excluding carboxylic acids is 3. The molecule has 3 N–H and O–H groups in total. The minimum absolute atomic E-state index is 0.0395. The standard InChI is InChI=1S/C31H42N2O8/c1-18(2)29(35)40-25-16-28(34)32-23-13-22(14-24(15-23)38-6)11-19(3)9-8-10-27(39-7)31(37)17-26(41-30(36)33-31)21(5)12-20(25)4/h8-10,12-15,18,21,25-27,37H,11,16-17H2,1-7H3,(H,32,34)(H,33,36)/b10-8+,19-9+,20-12+/t21-,25-,26-,27+,31-/m0/s1. The molecular formula is C31H42N2O8. The summed E-state index contributed by atoms with van der Waals surface area (Å²) in [6.45, 7) is 8.99. The first kappa shape index (κ1) is 31.9. The fraction of sp³-hybridized carbons (Fsp3) is 0.516. The number of benzene rings is 1. The van der Waals surface area contributed by atoms with Gasteiger partial charge in [0.1, 0.15) is 24.1 Å². The number of alkyl carbamates (subject to hydrolysis) is 1. The van der Waals surface area contributed by atoms with Crippen molar-refractivity contribution in [2.75, 3.05) is 19.5 Å². The Labute approximate surface area is 241 Å². The Morgan fingerprint density at radius 1 is 1.17 bits per heavy atom. The van der Waals surface area contributed by atoms with E-state index in [1.807, 2.05) is 32.1 Å². The van der Waals surface area contributed by atoms with E-state index in [0.717, 1.165) is 11.1 Å². The number of amides is 2. The molecule has 2 aliphatic heterocycles. The molecule has 0 radical (unpaired) electrons. The van der Waals surface area contributed by atoms with Gasteiger partial charge < -0.3 is 29.4 Å². The summed E-state index contributed by atoms with van der Waals surface area (Å²) >= 11 is 0. The molecule has 1 aromatic rings. The van der Waals surface area contributed by atoms with Crippen LogP contribution in [0.1, 0.15) is 53.0 Å². The van der Waals surface area contributed by atoms with Crippen LogP contribution in [0.4, 0.5) is 10.5 Å². The predicted molar refractivity (Wildman–Crippen MR) is 154 cm³/mol. The summed E-state index contributed by atoms with van der Waals surface area (Å²) in [5.74, 6) is -0.973. The van der Waals surface area contributed by atoms with Gasteiger partial charge in [-0.1, -0.05) is 50.6 Å². The second-order valence-electron chi connectivity index (χ2n) is 11.1. The summed E-state index contributed by atoms with van der Waals surface area (Å²) in [6.07, 6.45) is 4.44. The van der Waals surface area contributed by atoms with E-state index in [0.29, 0.717) is 23.4 Å². The van der Waals surface area contributed by atoms with Crippen molar-refractivity contribution < 1.29 is 38.4 Å². The second-order valence-corrected chi connectivity index (χ2v) is 11.1. The summed E-state index contributed by atoms with van der Waals surface area (Å²) in [6, 6.07) is 5.49.